The monoisotopic (exact) mass is 213 g/mol. The van der Waals surface area contributed by atoms with E-state index in [2.05, 4.69) is 11.8 Å². The average molecular weight is 213 g/mol. The summed E-state index contributed by atoms with van der Waals surface area (Å²) in [4.78, 5) is 2.44. The van der Waals surface area contributed by atoms with Gasteiger partial charge < -0.3 is 9.84 Å². The van der Waals surface area contributed by atoms with Crippen molar-refractivity contribution in [3.8, 4) is 0 Å². The van der Waals surface area contributed by atoms with E-state index in [1.165, 1.54) is 12.8 Å². The van der Waals surface area contributed by atoms with Crippen LogP contribution in [-0.4, -0.2) is 48.0 Å². The fourth-order valence-corrected chi connectivity index (χ4v) is 3.04. The van der Waals surface area contributed by atoms with Crippen LogP contribution in [0.4, 0.5) is 0 Å². The summed E-state index contributed by atoms with van der Waals surface area (Å²) in [5.74, 6) is 0. The molecule has 3 unspecified atom stereocenters. The normalized spacial score (nSPS) is 43.4. The first-order chi connectivity index (χ1) is 7.14. The molecule has 2 aliphatic rings. The molecule has 1 aliphatic carbocycles. The van der Waals surface area contributed by atoms with Gasteiger partial charge in [0.2, 0.25) is 0 Å². The quantitative estimate of drug-likeness (QED) is 0.752. The van der Waals surface area contributed by atoms with Gasteiger partial charge in [0.1, 0.15) is 0 Å². The lowest BCUT2D eigenvalue weighted by Gasteiger charge is -2.43. The van der Waals surface area contributed by atoms with Crippen LogP contribution in [0, 0.1) is 0 Å². The van der Waals surface area contributed by atoms with Crippen LogP contribution in [0.2, 0.25) is 0 Å². The molecule has 0 aromatic carbocycles. The molecule has 0 radical (unpaired) electrons. The van der Waals surface area contributed by atoms with E-state index in [4.69, 9.17) is 4.74 Å². The van der Waals surface area contributed by atoms with E-state index in [0.717, 1.165) is 32.4 Å². The van der Waals surface area contributed by atoms with Crippen LogP contribution in [-0.2, 0) is 4.74 Å². The molecule has 1 saturated carbocycles. The fraction of sp³-hybridized carbons (Fsp3) is 1.00. The highest BCUT2D eigenvalue weighted by Crippen LogP contribution is 2.31. The van der Waals surface area contributed by atoms with E-state index in [9.17, 15) is 5.11 Å². The number of rotatable bonds is 2. The molecule has 1 saturated heterocycles. The largest absolute Gasteiger partial charge is 0.391 e. The Balaban J connectivity index is 1.97. The topological polar surface area (TPSA) is 32.7 Å². The van der Waals surface area contributed by atoms with Gasteiger partial charge in [0, 0.05) is 19.7 Å². The van der Waals surface area contributed by atoms with Crippen molar-refractivity contribution in [1.82, 2.24) is 4.90 Å². The number of hydrogen-bond donors (Lipinski definition) is 1. The summed E-state index contributed by atoms with van der Waals surface area (Å²) in [7, 11) is 1.80. The molecule has 3 atom stereocenters. The molecule has 0 amide bonds. The van der Waals surface area contributed by atoms with Crippen molar-refractivity contribution in [3.05, 3.63) is 0 Å². The minimum atomic E-state index is -0.107. The van der Waals surface area contributed by atoms with Crippen LogP contribution in [0.1, 0.15) is 39.0 Å². The van der Waals surface area contributed by atoms with Gasteiger partial charge in [-0.2, -0.15) is 0 Å². The Morgan fingerprint density at radius 2 is 2.13 bits per heavy atom. The second kappa shape index (κ2) is 4.40. The summed E-state index contributed by atoms with van der Waals surface area (Å²) in [5.41, 5.74) is 0.000556. The maximum Gasteiger partial charge on any atom is 0.0777 e. The van der Waals surface area contributed by atoms with Gasteiger partial charge in [-0.3, -0.25) is 4.90 Å². The molecule has 3 heteroatoms. The van der Waals surface area contributed by atoms with E-state index >= 15 is 0 Å². The minimum absolute atomic E-state index is 0.000556. The molecule has 0 bridgehead atoms. The minimum Gasteiger partial charge on any atom is -0.391 e. The Bertz CT molecular complexity index is 222. The zero-order chi connectivity index (χ0) is 10.9. The number of nitrogens with zero attached hydrogens (tertiary/aromatic N) is 1. The van der Waals surface area contributed by atoms with E-state index in [1.54, 1.807) is 7.11 Å². The maximum absolute atomic E-state index is 9.90. The third-order valence-corrected chi connectivity index (χ3v) is 4.09. The van der Waals surface area contributed by atoms with Crippen molar-refractivity contribution >= 4 is 0 Å². The SMILES string of the molecule is COC1(C)CCCN(C2CCCC2O)C1. The molecule has 3 nitrogen and oxygen atoms in total. The maximum atomic E-state index is 9.90. The molecular formula is C12H23NO2. The van der Waals surface area contributed by atoms with Crippen LogP contribution in [0.15, 0.2) is 0 Å². The number of methoxy groups -OCH3 is 1. The van der Waals surface area contributed by atoms with Gasteiger partial charge in [0.25, 0.3) is 0 Å². The number of aliphatic hydroxyl groups excluding tert-OH is 1. The predicted molar refractivity (Wildman–Crippen MR) is 59.9 cm³/mol. The number of ether oxygens (including phenoxy) is 1. The lowest BCUT2D eigenvalue weighted by atomic mass is 9.93. The van der Waals surface area contributed by atoms with Gasteiger partial charge in [-0.1, -0.05) is 0 Å². The summed E-state index contributed by atoms with van der Waals surface area (Å²) < 4.78 is 5.58. The average Bonchev–Trinajstić information content (AvgIpc) is 2.65. The lowest BCUT2D eigenvalue weighted by molar-refractivity contribution is -0.0718. The summed E-state index contributed by atoms with van der Waals surface area (Å²) in [6, 6.07) is 0.389. The van der Waals surface area contributed by atoms with Gasteiger partial charge in [-0.15, -0.1) is 0 Å². The summed E-state index contributed by atoms with van der Waals surface area (Å²) in [6.07, 6.45) is 5.53. The summed E-state index contributed by atoms with van der Waals surface area (Å²) >= 11 is 0. The Hall–Kier alpha value is -0.120. The molecular weight excluding hydrogens is 190 g/mol. The number of hydrogen-bond acceptors (Lipinski definition) is 3. The molecule has 2 rings (SSSR count). The second-order valence-corrected chi connectivity index (χ2v) is 5.29. The molecule has 0 spiro atoms. The van der Waals surface area contributed by atoms with Crippen molar-refractivity contribution in [3.63, 3.8) is 0 Å². The van der Waals surface area contributed by atoms with Gasteiger partial charge >= 0.3 is 0 Å². The summed E-state index contributed by atoms with van der Waals surface area (Å²) in [5, 5.41) is 9.90. The van der Waals surface area contributed by atoms with Gasteiger partial charge in [-0.25, -0.2) is 0 Å². The number of likely N-dealkylation sites (tertiary alicyclic amines) is 1. The van der Waals surface area contributed by atoms with Crippen LogP contribution >= 0.6 is 0 Å². The molecule has 2 fully saturated rings. The molecule has 1 heterocycles. The van der Waals surface area contributed by atoms with Crippen LogP contribution in [0.5, 0.6) is 0 Å². The van der Waals surface area contributed by atoms with Gasteiger partial charge in [0.05, 0.1) is 11.7 Å². The van der Waals surface area contributed by atoms with E-state index in [-0.39, 0.29) is 11.7 Å². The van der Waals surface area contributed by atoms with Crippen LogP contribution < -0.4 is 0 Å². The third kappa shape index (κ3) is 2.35. The molecule has 1 aliphatic heterocycles. The Kier molecular flexibility index (Phi) is 3.33. The summed E-state index contributed by atoms with van der Waals surface area (Å²) in [6.45, 7) is 4.28. The smallest absolute Gasteiger partial charge is 0.0777 e. The van der Waals surface area contributed by atoms with Crippen molar-refractivity contribution < 1.29 is 9.84 Å². The van der Waals surface area contributed by atoms with Gasteiger partial charge in [-0.05, 0) is 45.6 Å². The zero-order valence-corrected chi connectivity index (χ0v) is 9.91. The highest BCUT2D eigenvalue weighted by atomic mass is 16.5. The van der Waals surface area contributed by atoms with Gasteiger partial charge in [0.15, 0.2) is 0 Å². The van der Waals surface area contributed by atoms with Crippen molar-refractivity contribution in [2.45, 2.75) is 56.8 Å². The molecule has 0 aromatic heterocycles. The zero-order valence-electron chi connectivity index (χ0n) is 9.91. The number of aliphatic hydroxyl groups is 1. The fourth-order valence-electron chi connectivity index (χ4n) is 3.04. The number of piperidine rings is 1. The van der Waals surface area contributed by atoms with Crippen LogP contribution in [0.3, 0.4) is 0 Å². The highest BCUT2D eigenvalue weighted by molar-refractivity contribution is 4.92. The molecule has 1 N–H and O–H groups in total. The van der Waals surface area contributed by atoms with Crippen LogP contribution in [0.25, 0.3) is 0 Å². The highest BCUT2D eigenvalue weighted by Gasteiger charge is 2.37. The Morgan fingerprint density at radius 1 is 1.33 bits per heavy atom. The molecule has 88 valence electrons. The Morgan fingerprint density at radius 3 is 2.73 bits per heavy atom. The van der Waals surface area contributed by atoms with E-state index < -0.39 is 0 Å². The second-order valence-electron chi connectivity index (χ2n) is 5.29. The van der Waals surface area contributed by atoms with E-state index in [1.807, 2.05) is 0 Å². The Labute approximate surface area is 92.4 Å². The van der Waals surface area contributed by atoms with Crippen molar-refractivity contribution in [2.24, 2.45) is 0 Å². The first-order valence-corrected chi connectivity index (χ1v) is 6.12. The van der Waals surface area contributed by atoms with Crippen molar-refractivity contribution in [2.75, 3.05) is 20.2 Å². The third-order valence-electron chi connectivity index (χ3n) is 4.09. The van der Waals surface area contributed by atoms with Crippen molar-refractivity contribution in [1.29, 1.82) is 0 Å². The molecule has 0 aromatic rings. The lowest BCUT2D eigenvalue weighted by Crippen LogP contribution is -2.53. The predicted octanol–water partition coefficient (Wildman–Crippen LogP) is 1.40. The van der Waals surface area contributed by atoms with E-state index in [0.29, 0.717) is 6.04 Å². The standard InChI is InChI=1S/C12H23NO2/c1-12(15-2)7-4-8-13(9-12)10-5-3-6-11(10)14/h10-11,14H,3-9H2,1-2H3. The molecule has 15 heavy (non-hydrogen) atoms. The first-order valence-electron chi connectivity index (χ1n) is 6.12. The first kappa shape index (κ1) is 11.4.